The van der Waals surface area contributed by atoms with Crippen LogP contribution >= 0.6 is 0 Å². The SMILES string of the molecule is CC(C)(O)C(C)(C)Nc1ccc2ccccc2n1. The van der Waals surface area contributed by atoms with Gasteiger partial charge in [0, 0.05) is 5.39 Å². The smallest absolute Gasteiger partial charge is 0.127 e. The summed E-state index contributed by atoms with van der Waals surface area (Å²) in [5.74, 6) is 0.779. The highest BCUT2D eigenvalue weighted by atomic mass is 16.3. The van der Waals surface area contributed by atoms with Crippen LogP contribution in [0.4, 0.5) is 5.82 Å². The Morgan fingerprint density at radius 3 is 2.33 bits per heavy atom. The number of fused-ring (bicyclic) bond motifs is 1. The van der Waals surface area contributed by atoms with Crippen molar-refractivity contribution in [2.24, 2.45) is 0 Å². The first kappa shape index (κ1) is 12.8. The Morgan fingerprint density at radius 2 is 1.67 bits per heavy atom. The molecule has 1 aromatic carbocycles. The van der Waals surface area contributed by atoms with Gasteiger partial charge >= 0.3 is 0 Å². The number of nitrogens with one attached hydrogen (secondary N) is 1. The fraction of sp³-hybridized carbons (Fsp3) is 0.400. The molecule has 0 unspecified atom stereocenters. The molecule has 3 nitrogen and oxygen atoms in total. The van der Waals surface area contributed by atoms with E-state index in [0.29, 0.717) is 0 Å². The van der Waals surface area contributed by atoms with Crippen molar-refractivity contribution in [1.82, 2.24) is 4.98 Å². The van der Waals surface area contributed by atoms with Crippen LogP contribution in [0.1, 0.15) is 27.7 Å². The van der Waals surface area contributed by atoms with Crippen LogP contribution in [0, 0.1) is 0 Å². The molecule has 0 saturated carbocycles. The van der Waals surface area contributed by atoms with E-state index in [-0.39, 0.29) is 0 Å². The summed E-state index contributed by atoms with van der Waals surface area (Å²) in [6.45, 7) is 7.51. The van der Waals surface area contributed by atoms with Crippen LogP contribution in [-0.2, 0) is 0 Å². The van der Waals surface area contributed by atoms with Gasteiger partial charge in [0.25, 0.3) is 0 Å². The predicted octanol–water partition coefficient (Wildman–Crippen LogP) is 3.20. The molecule has 0 atom stereocenters. The molecule has 0 fully saturated rings. The second-order valence-corrected chi connectivity index (χ2v) is 5.70. The number of hydrogen-bond acceptors (Lipinski definition) is 3. The highest BCUT2D eigenvalue weighted by molar-refractivity contribution is 5.80. The van der Waals surface area contributed by atoms with E-state index in [9.17, 15) is 5.11 Å². The maximum absolute atomic E-state index is 10.1. The van der Waals surface area contributed by atoms with Gasteiger partial charge in [0.2, 0.25) is 0 Å². The lowest BCUT2D eigenvalue weighted by molar-refractivity contribution is 0.0239. The minimum Gasteiger partial charge on any atom is -0.388 e. The summed E-state index contributed by atoms with van der Waals surface area (Å²) >= 11 is 0. The first-order chi connectivity index (χ1) is 8.29. The third-order valence-electron chi connectivity index (χ3n) is 3.57. The van der Waals surface area contributed by atoms with Crippen LogP contribution < -0.4 is 5.32 Å². The lowest BCUT2D eigenvalue weighted by atomic mass is 9.86. The fourth-order valence-corrected chi connectivity index (χ4v) is 1.61. The van der Waals surface area contributed by atoms with Crippen LogP contribution in [0.2, 0.25) is 0 Å². The zero-order valence-electron chi connectivity index (χ0n) is 11.4. The molecule has 96 valence electrons. The van der Waals surface area contributed by atoms with Gasteiger partial charge in [-0.15, -0.1) is 0 Å². The summed E-state index contributed by atoms with van der Waals surface area (Å²) in [7, 11) is 0. The predicted molar refractivity (Wildman–Crippen MR) is 75.7 cm³/mol. The number of nitrogens with zero attached hydrogens (tertiary/aromatic N) is 1. The number of anilines is 1. The molecule has 0 radical (unpaired) electrons. The number of rotatable bonds is 3. The summed E-state index contributed by atoms with van der Waals surface area (Å²) in [5, 5.41) is 14.5. The van der Waals surface area contributed by atoms with Crippen molar-refractivity contribution >= 4 is 16.7 Å². The fourth-order valence-electron chi connectivity index (χ4n) is 1.61. The molecule has 18 heavy (non-hydrogen) atoms. The van der Waals surface area contributed by atoms with Crippen molar-refractivity contribution in [3.8, 4) is 0 Å². The lowest BCUT2D eigenvalue weighted by Gasteiger charge is -2.38. The molecule has 0 aliphatic heterocycles. The number of aromatic nitrogens is 1. The Balaban J connectivity index is 2.33. The Hall–Kier alpha value is -1.61. The van der Waals surface area contributed by atoms with E-state index in [0.717, 1.165) is 16.7 Å². The molecule has 0 amide bonds. The van der Waals surface area contributed by atoms with Crippen LogP contribution in [0.3, 0.4) is 0 Å². The summed E-state index contributed by atoms with van der Waals surface area (Å²) in [6, 6.07) is 12.0. The molecule has 2 rings (SSSR count). The molecule has 2 N–H and O–H groups in total. The Labute approximate surface area is 108 Å². The van der Waals surface area contributed by atoms with Gasteiger partial charge in [-0.1, -0.05) is 18.2 Å². The van der Waals surface area contributed by atoms with E-state index in [2.05, 4.69) is 10.3 Å². The van der Waals surface area contributed by atoms with Crippen molar-refractivity contribution in [1.29, 1.82) is 0 Å². The van der Waals surface area contributed by atoms with Gasteiger partial charge in [0.05, 0.1) is 16.7 Å². The molecule has 2 aromatic rings. The first-order valence-electron chi connectivity index (χ1n) is 6.16. The molecule has 0 saturated heterocycles. The average molecular weight is 244 g/mol. The molecular formula is C15H20N2O. The van der Waals surface area contributed by atoms with Crippen molar-refractivity contribution in [3.05, 3.63) is 36.4 Å². The number of benzene rings is 1. The summed E-state index contributed by atoms with van der Waals surface area (Å²) in [5.41, 5.74) is -0.336. The summed E-state index contributed by atoms with van der Waals surface area (Å²) in [4.78, 5) is 4.55. The normalized spacial score (nSPS) is 12.7. The van der Waals surface area contributed by atoms with E-state index in [4.69, 9.17) is 0 Å². The molecule has 1 heterocycles. The van der Waals surface area contributed by atoms with E-state index >= 15 is 0 Å². The average Bonchev–Trinajstić information content (AvgIpc) is 2.27. The molecule has 0 aliphatic rings. The largest absolute Gasteiger partial charge is 0.388 e. The zero-order chi connectivity index (χ0) is 13.4. The van der Waals surface area contributed by atoms with Crippen molar-refractivity contribution < 1.29 is 5.11 Å². The van der Waals surface area contributed by atoms with Crippen molar-refractivity contribution in [3.63, 3.8) is 0 Å². The minimum atomic E-state index is -0.833. The molecule has 1 aromatic heterocycles. The van der Waals surface area contributed by atoms with Crippen LogP contribution in [-0.4, -0.2) is 21.2 Å². The molecule has 3 heteroatoms. The second kappa shape index (κ2) is 4.25. The summed E-state index contributed by atoms with van der Waals surface area (Å²) in [6.07, 6.45) is 0. The highest BCUT2D eigenvalue weighted by Crippen LogP contribution is 2.26. The third-order valence-corrected chi connectivity index (χ3v) is 3.57. The quantitative estimate of drug-likeness (QED) is 0.871. The standard InChI is InChI=1S/C15H20N2O/c1-14(2,15(3,4)18)17-13-10-9-11-7-5-6-8-12(11)16-13/h5-10,18H,1-4H3,(H,16,17). The van der Waals surface area contributed by atoms with E-state index in [1.165, 1.54) is 0 Å². The molecular weight excluding hydrogens is 224 g/mol. The van der Waals surface area contributed by atoms with Gasteiger partial charge in [0.15, 0.2) is 0 Å². The Kier molecular flexibility index (Phi) is 3.03. The van der Waals surface area contributed by atoms with Gasteiger partial charge in [-0.05, 0) is 45.9 Å². The van der Waals surface area contributed by atoms with E-state index < -0.39 is 11.1 Å². The Morgan fingerprint density at radius 1 is 1.00 bits per heavy atom. The van der Waals surface area contributed by atoms with E-state index in [1.54, 1.807) is 13.8 Å². The number of aliphatic hydroxyl groups is 1. The van der Waals surface area contributed by atoms with Gasteiger partial charge in [-0.3, -0.25) is 0 Å². The zero-order valence-corrected chi connectivity index (χ0v) is 11.4. The molecule has 0 spiro atoms. The van der Waals surface area contributed by atoms with Gasteiger partial charge in [-0.25, -0.2) is 4.98 Å². The minimum absolute atomic E-state index is 0.456. The maximum atomic E-state index is 10.1. The number of hydrogen-bond donors (Lipinski definition) is 2. The number of pyridine rings is 1. The van der Waals surface area contributed by atoms with Crippen LogP contribution in [0.25, 0.3) is 10.9 Å². The summed E-state index contributed by atoms with van der Waals surface area (Å²) < 4.78 is 0. The Bertz CT molecular complexity index is 556. The maximum Gasteiger partial charge on any atom is 0.127 e. The van der Waals surface area contributed by atoms with Gasteiger partial charge in [0.1, 0.15) is 5.82 Å². The third kappa shape index (κ3) is 2.46. The molecule has 0 aliphatic carbocycles. The van der Waals surface area contributed by atoms with Crippen molar-refractivity contribution in [2.45, 2.75) is 38.8 Å². The van der Waals surface area contributed by atoms with Crippen LogP contribution in [0.15, 0.2) is 36.4 Å². The molecule has 0 bridgehead atoms. The first-order valence-corrected chi connectivity index (χ1v) is 6.16. The highest BCUT2D eigenvalue weighted by Gasteiger charge is 2.35. The van der Waals surface area contributed by atoms with Gasteiger partial charge in [-0.2, -0.15) is 0 Å². The van der Waals surface area contributed by atoms with Crippen molar-refractivity contribution in [2.75, 3.05) is 5.32 Å². The van der Waals surface area contributed by atoms with Crippen LogP contribution in [0.5, 0.6) is 0 Å². The van der Waals surface area contributed by atoms with E-state index in [1.807, 2.05) is 50.2 Å². The van der Waals surface area contributed by atoms with Gasteiger partial charge < -0.3 is 10.4 Å². The topological polar surface area (TPSA) is 45.1 Å². The lowest BCUT2D eigenvalue weighted by Crippen LogP contribution is -2.51. The second-order valence-electron chi connectivity index (χ2n) is 5.70. The number of para-hydroxylation sites is 1. The monoisotopic (exact) mass is 244 g/mol.